The summed E-state index contributed by atoms with van der Waals surface area (Å²) in [5.41, 5.74) is 7.02. The van der Waals surface area contributed by atoms with E-state index in [0.717, 1.165) is 0 Å². The first-order chi connectivity index (χ1) is 32.8. The highest BCUT2D eigenvalue weighted by atomic mass is 16.5. The van der Waals surface area contributed by atoms with Gasteiger partial charge in [0.2, 0.25) is 0 Å². The third-order valence-electron chi connectivity index (χ3n) is 13.4. The molecule has 0 radical (unpaired) electrons. The van der Waals surface area contributed by atoms with E-state index in [1.165, 1.54) is 66.7 Å². The van der Waals surface area contributed by atoms with Gasteiger partial charge in [-0.15, -0.1) is 0 Å². The van der Waals surface area contributed by atoms with Gasteiger partial charge in [0.25, 0.3) is 0 Å². The Bertz CT molecular complexity index is 3310. The van der Waals surface area contributed by atoms with Gasteiger partial charge >= 0.3 is 0 Å². The summed E-state index contributed by atoms with van der Waals surface area (Å²) in [5, 5.41) is 110. The molecule has 0 bridgehead atoms. The third kappa shape index (κ3) is 7.10. The Morgan fingerprint density at radius 3 is 1.35 bits per heavy atom. The largest absolute Gasteiger partial charge is 0.508 e. The Labute approximate surface area is 388 Å². The van der Waals surface area contributed by atoms with E-state index in [2.05, 4.69) is 0 Å². The summed E-state index contributed by atoms with van der Waals surface area (Å²) >= 11 is 0. The Morgan fingerprint density at radius 2 is 0.750 bits per heavy atom. The van der Waals surface area contributed by atoms with Gasteiger partial charge in [-0.2, -0.15) is 0 Å². The Hall–Kier alpha value is -8.90. The fraction of sp³-hybridized carbons (Fsp3) is 0.107. The van der Waals surface area contributed by atoms with Crippen LogP contribution in [0.3, 0.4) is 0 Å². The van der Waals surface area contributed by atoms with Crippen molar-refractivity contribution in [2.45, 2.75) is 35.9 Å². The minimum absolute atomic E-state index is 0.00433. The lowest BCUT2D eigenvalue weighted by molar-refractivity contribution is 0.221. The molecule has 0 saturated heterocycles. The van der Waals surface area contributed by atoms with Crippen LogP contribution in [0.15, 0.2) is 146 Å². The molecule has 2 heterocycles. The van der Waals surface area contributed by atoms with Crippen molar-refractivity contribution in [2.75, 3.05) is 0 Å². The third-order valence-corrected chi connectivity index (χ3v) is 13.4. The van der Waals surface area contributed by atoms with Gasteiger partial charge in [-0.1, -0.05) is 54.6 Å². The SMILES string of the molecule is Oc1ccc(C2Oc3cc(O)cc4c3[C@@H]2c2cc(O)cc(O)c2C(c2ccc(O)cc2)[C@H]4c2cc(O)ccc2/C=C/c2cc(O)cc3c2C(c2cc(O)cc(O)c2)[C@@H](c2ccc(O)cc2)O3)cc1. The van der Waals surface area contributed by atoms with Gasteiger partial charge in [0.15, 0.2) is 0 Å². The molecule has 1 aliphatic carbocycles. The lowest BCUT2D eigenvalue weighted by Gasteiger charge is -2.31. The number of phenolic OH excluding ortho intramolecular Hbond substituents is 10. The average molecular weight is 907 g/mol. The average Bonchev–Trinajstić information content (AvgIpc) is 3.84. The molecule has 2 aliphatic heterocycles. The van der Waals surface area contributed by atoms with E-state index in [0.29, 0.717) is 78.3 Å². The second-order valence-corrected chi connectivity index (χ2v) is 17.6. The predicted octanol–water partition coefficient (Wildman–Crippen LogP) is 10.7. The van der Waals surface area contributed by atoms with Gasteiger partial charge in [0.1, 0.15) is 81.2 Å². The normalized spacial score (nSPS) is 19.9. The maximum atomic E-state index is 12.2. The van der Waals surface area contributed by atoms with Gasteiger partial charge in [0, 0.05) is 52.8 Å². The highest BCUT2D eigenvalue weighted by Crippen LogP contribution is 2.63. The predicted molar refractivity (Wildman–Crippen MR) is 251 cm³/mol. The number of ether oxygens (including phenoxy) is 2. The van der Waals surface area contributed by atoms with Crippen molar-refractivity contribution in [3.8, 4) is 69.0 Å². The van der Waals surface area contributed by atoms with E-state index in [4.69, 9.17) is 9.47 Å². The van der Waals surface area contributed by atoms with Crippen LogP contribution in [0.4, 0.5) is 0 Å². The smallest absolute Gasteiger partial charge is 0.135 e. The second kappa shape index (κ2) is 15.9. The molecule has 0 fully saturated rings. The summed E-state index contributed by atoms with van der Waals surface area (Å²) in [6.07, 6.45) is 2.14. The molecule has 0 aromatic heterocycles. The molecule has 11 rings (SSSR count). The Balaban J connectivity index is 1.14. The molecular formula is C56H42O12. The summed E-state index contributed by atoms with van der Waals surface area (Å²) in [6.45, 7) is 0. The molecule has 338 valence electrons. The fourth-order valence-corrected chi connectivity index (χ4v) is 10.7. The molecule has 3 unspecified atom stereocenters. The molecular weight excluding hydrogens is 865 g/mol. The van der Waals surface area contributed by atoms with Gasteiger partial charge < -0.3 is 60.5 Å². The van der Waals surface area contributed by atoms with Crippen LogP contribution in [0.5, 0.6) is 69.0 Å². The minimum atomic E-state index is -0.825. The van der Waals surface area contributed by atoms with Crippen LogP contribution in [0.1, 0.15) is 103 Å². The molecule has 6 atom stereocenters. The monoisotopic (exact) mass is 906 g/mol. The van der Waals surface area contributed by atoms with Crippen LogP contribution in [-0.4, -0.2) is 51.1 Å². The standard InChI is InChI=1S/C56H42O12/c57-33-10-4-28(5-11-33)49-51(43-23-41(65)26-47-53(43)54(44-22-40(64)24-45(66)52(44)49)56(68-47)30-8-14-35(59)15-9-30)42-21-36(60)16-3-27(42)1-2-31-17-39(63)25-46-48(31)50(32-18-37(61)20-38(62)19-32)55(67-46)29-6-12-34(58)13-7-29/h1-26,49-51,54-66H/b2-1+/t49?,50?,51-,54-,55+,56?/m0/s1. The number of rotatable bonds is 7. The number of aromatic hydroxyl groups is 10. The van der Waals surface area contributed by atoms with E-state index in [1.54, 1.807) is 84.9 Å². The first-order valence-electron chi connectivity index (χ1n) is 21.8. The zero-order valence-electron chi connectivity index (χ0n) is 35.8. The number of fused-ring (bicyclic) bond motifs is 3. The fourth-order valence-electron chi connectivity index (χ4n) is 10.7. The molecule has 10 N–H and O–H groups in total. The van der Waals surface area contributed by atoms with E-state index in [-0.39, 0.29) is 57.5 Å². The minimum Gasteiger partial charge on any atom is -0.508 e. The van der Waals surface area contributed by atoms with Gasteiger partial charge in [-0.05, 0) is 129 Å². The summed E-state index contributed by atoms with van der Waals surface area (Å²) in [4.78, 5) is 0. The zero-order chi connectivity index (χ0) is 47.1. The lowest BCUT2D eigenvalue weighted by Crippen LogP contribution is -2.17. The molecule has 3 aliphatic rings. The molecule has 12 heteroatoms. The van der Waals surface area contributed by atoms with Crippen molar-refractivity contribution in [1.82, 2.24) is 0 Å². The summed E-state index contributed by atoms with van der Waals surface area (Å²) < 4.78 is 13.3. The Kier molecular flexibility index (Phi) is 9.78. The van der Waals surface area contributed by atoms with Gasteiger partial charge in [-0.25, -0.2) is 0 Å². The molecule has 8 aromatic rings. The maximum Gasteiger partial charge on any atom is 0.135 e. The van der Waals surface area contributed by atoms with Crippen LogP contribution >= 0.6 is 0 Å². The van der Waals surface area contributed by atoms with Crippen molar-refractivity contribution >= 4 is 12.2 Å². The second-order valence-electron chi connectivity index (χ2n) is 17.6. The number of phenols is 10. The van der Waals surface area contributed by atoms with E-state index < -0.39 is 35.9 Å². The van der Waals surface area contributed by atoms with Crippen molar-refractivity contribution in [1.29, 1.82) is 0 Å². The van der Waals surface area contributed by atoms with Crippen molar-refractivity contribution in [3.05, 3.63) is 212 Å². The zero-order valence-corrected chi connectivity index (χ0v) is 35.8. The molecule has 0 spiro atoms. The maximum absolute atomic E-state index is 12.2. The Morgan fingerprint density at radius 1 is 0.294 bits per heavy atom. The van der Waals surface area contributed by atoms with E-state index in [9.17, 15) is 51.1 Å². The van der Waals surface area contributed by atoms with Gasteiger partial charge in [-0.3, -0.25) is 0 Å². The van der Waals surface area contributed by atoms with Crippen LogP contribution in [0.2, 0.25) is 0 Å². The molecule has 0 saturated carbocycles. The van der Waals surface area contributed by atoms with Crippen LogP contribution in [-0.2, 0) is 0 Å². The highest BCUT2D eigenvalue weighted by molar-refractivity contribution is 5.78. The van der Waals surface area contributed by atoms with Crippen LogP contribution < -0.4 is 9.47 Å². The highest BCUT2D eigenvalue weighted by Gasteiger charge is 2.48. The molecule has 68 heavy (non-hydrogen) atoms. The topological polar surface area (TPSA) is 221 Å². The van der Waals surface area contributed by atoms with Crippen LogP contribution in [0, 0.1) is 0 Å². The van der Waals surface area contributed by atoms with Crippen molar-refractivity contribution in [2.24, 2.45) is 0 Å². The molecule has 12 nitrogen and oxygen atoms in total. The summed E-state index contributed by atoms with van der Waals surface area (Å²) in [5.74, 6) is -3.20. The number of hydrogen-bond acceptors (Lipinski definition) is 12. The summed E-state index contributed by atoms with van der Waals surface area (Å²) in [7, 11) is 0. The molecule has 0 amide bonds. The summed E-state index contributed by atoms with van der Waals surface area (Å²) in [6, 6.07) is 37.9. The molecule has 8 aromatic carbocycles. The quantitative estimate of drug-likeness (QED) is 0.0675. The number of benzene rings is 8. The first-order valence-corrected chi connectivity index (χ1v) is 21.8. The van der Waals surface area contributed by atoms with E-state index >= 15 is 0 Å². The van der Waals surface area contributed by atoms with Crippen molar-refractivity contribution in [3.63, 3.8) is 0 Å². The van der Waals surface area contributed by atoms with Crippen molar-refractivity contribution < 1.29 is 60.5 Å². The first kappa shape index (κ1) is 41.8. The van der Waals surface area contributed by atoms with E-state index in [1.807, 2.05) is 6.08 Å². The number of hydrogen-bond donors (Lipinski definition) is 10. The lowest BCUT2D eigenvalue weighted by atomic mass is 9.72. The van der Waals surface area contributed by atoms with Crippen LogP contribution in [0.25, 0.3) is 12.2 Å². The van der Waals surface area contributed by atoms with Gasteiger partial charge in [0.05, 0.1) is 11.8 Å².